The first-order valence-corrected chi connectivity index (χ1v) is 11.1. The van der Waals surface area contributed by atoms with Gasteiger partial charge in [0.25, 0.3) is 0 Å². The third kappa shape index (κ3) is 5.53. The summed E-state index contributed by atoms with van der Waals surface area (Å²) in [7, 11) is 0. The molecule has 0 aromatic heterocycles. The van der Waals surface area contributed by atoms with Gasteiger partial charge < -0.3 is 5.32 Å². The Morgan fingerprint density at radius 3 is 1.75 bits per heavy atom. The molecule has 0 bridgehead atoms. The van der Waals surface area contributed by atoms with Crippen molar-refractivity contribution in [1.82, 2.24) is 0 Å². The Kier molecular flexibility index (Phi) is 6.51. The fraction of sp³-hybridized carbons (Fsp3) is 0.167. The molecule has 0 aliphatic rings. The number of hydrogen-bond donors (Lipinski definition) is 1. The summed E-state index contributed by atoms with van der Waals surface area (Å²) in [6, 6.07) is 37.7. The lowest BCUT2D eigenvalue weighted by molar-refractivity contribution is 0.433. The molecule has 32 heavy (non-hydrogen) atoms. The van der Waals surface area contributed by atoms with Gasteiger partial charge in [0.2, 0.25) is 0 Å². The smallest absolute Gasteiger partial charge is 0.107 e. The van der Waals surface area contributed by atoms with E-state index < -0.39 is 0 Å². The van der Waals surface area contributed by atoms with Gasteiger partial charge in [0.05, 0.1) is 5.69 Å². The number of benzene rings is 4. The molecule has 0 fully saturated rings. The SMILES string of the molecule is CC(C)(C)CC(=Nc1ccccc1-c1ccccc1)Nc1ccccc1-c1ccccc1. The van der Waals surface area contributed by atoms with Gasteiger partial charge in [-0.2, -0.15) is 0 Å². The third-order valence-electron chi connectivity index (χ3n) is 5.23. The van der Waals surface area contributed by atoms with E-state index in [1.165, 1.54) is 16.7 Å². The number of hydrogen-bond acceptors (Lipinski definition) is 1. The van der Waals surface area contributed by atoms with Gasteiger partial charge >= 0.3 is 0 Å². The highest BCUT2D eigenvalue weighted by Crippen LogP contribution is 2.33. The number of nitrogens with zero attached hydrogens (tertiary/aromatic N) is 1. The number of rotatable bonds is 5. The predicted molar refractivity (Wildman–Crippen MR) is 139 cm³/mol. The van der Waals surface area contributed by atoms with Crippen molar-refractivity contribution in [1.29, 1.82) is 0 Å². The van der Waals surface area contributed by atoms with E-state index in [1.807, 2.05) is 12.1 Å². The first-order chi connectivity index (χ1) is 15.5. The number of nitrogens with one attached hydrogen (secondary N) is 1. The van der Waals surface area contributed by atoms with E-state index in [2.05, 4.69) is 123 Å². The second kappa shape index (κ2) is 9.65. The Labute approximate surface area is 191 Å². The highest BCUT2D eigenvalue weighted by molar-refractivity contribution is 6.01. The molecule has 0 amide bonds. The van der Waals surface area contributed by atoms with Crippen molar-refractivity contribution >= 4 is 17.2 Å². The zero-order chi connectivity index (χ0) is 22.4. The minimum Gasteiger partial charge on any atom is -0.343 e. The summed E-state index contributed by atoms with van der Waals surface area (Å²) in [6.45, 7) is 6.74. The number of amidine groups is 1. The summed E-state index contributed by atoms with van der Waals surface area (Å²) >= 11 is 0. The predicted octanol–water partition coefficient (Wildman–Crippen LogP) is 8.60. The monoisotopic (exact) mass is 418 g/mol. The second-order valence-corrected chi connectivity index (χ2v) is 9.22. The van der Waals surface area contributed by atoms with Crippen LogP contribution in [-0.2, 0) is 0 Å². The normalized spacial score (nSPS) is 11.9. The first-order valence-electron chi connectivity index (χ1n) is 11.1. The lowest BCUT2D eigenvalue weighted by atomic mass is 9.91. The Morgan fingerprint density at radius 2 is 1.12 bits per heavy atom. The van der Waals surface area contributed by atoms with Crippen LogP contribution in [0, 0.1) is 5.41 Å². The topological polar surface area (TPSA) is 24.4 Å². The van der Waals surface area contributed by atoms with Crippen molar-refractivity contribution in [3.05, 3.63) is 109 Å². The van der Waals surface area contributed by atoms with Crippen LogP contribution in [0.3, 0.4) is 0 Å². The molecule has 0 saturated heterocycles. The first kappa shape index (κ1) is 21.6. The zero-order valence-corrected chi connectivity index (χ0v) is 19.0. The van der Waals surface area contributed by atoms with Crippen LogP contribution >= 0.6 is 0 Å². The summed E-state index contributed by atoms with van der Waals surface area (Å²) < 4.78 is 0. The Bertz CT molecular complexity index is 1190. The molecule has 1 N–H and O–H groups in total. The number of aliphatic imine (C=N–C) groups is 1. The van der Waals surface area contributed by atoms with E-state index in [0.717, 1.165) is 29.2 Å². The number of anilines is 1. The molecule has 0 aliphatic heterocycles. The molecular weight excluding hydrogens is 388 g/mol. The average Bonchev–Trinajstić information content (AvgIpc) is 2.80. The quantitative estimate of drug-likeness (QED) is 0.255. The molecule has 0 unspecified atom stereocenters. The fourth-order valence-corrected chi connectivity index (χ4v) is 3.81. The molecular formula is C30H30N2. The fourth-order valence-electron chi connectivity index (χ4n) is 3.81. The second-order valence-electron chi connectivity index (χ2n) is 9.22. The van der Waals surface area contributed by atoms with E-state index in [0.29, 0.717) is 0 Å². The Morgan fingerprint density at radius 1 is 0.625 bits per heavy atom. The molecule has 4 aromatic carbocycles. The highest BCUT2D eigenvalue weighted by Gasteiger charge is 2.17. The molecule has 2 heteroatoms. The lowest BCUT2D eigenvalue weighted by Gasteiger charge is -2.22. The van der Waals surface area contributed by atoms with E-state index in [-0.39, 0.29) is 5.41 Å². The maximum Gasteiger partial charge on any atom is 0.107 e. The van der Waals surface area contributed by atoms with Crippen LogP contribution in [0.5, 0.6) is 0 Å². The van der Waals surface area contributed by atoms with Crippen LogP contribution in [0.2, 0.25) is 0 Å². The van der Waals surface area contributed by atoms with Crippen molar-refractivity contribution in [3.8, 4) is 22.3 Å². The van der Waals surface area contributed by atoms with Crippen LogP contribution in [0.25, 0.3) is 22.3 Å². The van der Waals surface area contributed by atoms with Crippen molar-refractivity contribution in [2.24, 2.45) is 10.4 Å². The average molecular weight is 419 g/mol. The van der Waals surface area contributed by atoms with E-state index in [1.54, 1.807) is 0 Å². The maximum atomic E-state index is 5.16. The maximum absolute atomic E-state index is 5.16. The van der Waals surface area contributed by atoms with Gasteiger partial charge in [-0.3, -0.25) is 0 Å². The van der Waals surface area contributed by atoms with Gasteiger partial charge in [-0.1, -0.05) is 118 Å². The molecule has 0 heterocycles. The molecule has 2 nitrogen and oxygen atoms in total. The summed E-state index contributed by atoms with van der Waals surface area (Å²) in [5.41, 5.74) is 6.81. The van der Waals surface area contributed by atoms with Crippen LogP contribution in [0.15, 0.2) is 114 Å². The molecule has 4 aromatic rings. The van der Waals surface area contributed by atoms with Crippen molar-refractivity contribution < 1.29 is 0 Å². The van der Waals surface area contributed by atoms with E-state index in [9.17, 15) is 0 Å². The van der Waals surface area contributed by atoms with Gasteiger partial charge in [0, 0.05) is 23.2 Å². The summed E-state index contributed by atoms with van der Waals surface area (Å²) in [4.78, 5) is 5.16. The standard InChI is InChI=1S/C30H30N2/c1-30(2,3)22-29(31-27-20-12-10-18-25(27)23-14-6-4-7-15-23)32-28-21-13-11-19-26(28)24-16-8-5-9-17-24/h4-21H,22H2,1-3H3,(H,31,32). The molecule has 0 radical (unpaired) electrons. The summed E-state index contributed by atoms with van der Waals surface area (Å²) in [5, 5.41) is 3.68. The van der Waals surface area contributed by atoms with E-state index >= 15 is 0 Å². The van der Waals surface area contributed by atoms with Crippen LogP contribution in [0.1, 0.15) is 27.2 Å². The van der Waals surface area contributed by atoms with Gasteiger partial charge in [0.1, 0.15) is 5.84 Å². The summed E-state index contributed by atoms with van der Waals surface area (Å²) in [5.74, 6) is 0.962. The van der Waals surface area contributed by atoms with Crippen molar-refractivity contribution in [2.45, 2.75) is 27.2 Å². The van der Waals surface area contributed by atoms with Gasteiger partial charge in [0.15, 0.2) is 0 Å². The Balaban J connectivity index is 1.76. The van der Waals surface area contributed by atoms with Gasteiger partial charge in [-0.15, -0.1) is 0 Å². The zero-order valence-electron chi connectivity index (χ0n) is 19.0. The van der Waals surface area contributed by atoms with Crippen LogP contribution < -0.4 is 5.32 Å². The molecule has 160 valence electrons. The van der Waals surface area contributed by atoms with Crippen molar-refractivity contribution in [3.63, 3.8) is 0 Å². The molecule has 0 atom stereocenters. The molecule has 0 saturated carbocycles. The highest BCUT2D eigenvalue weighted by atomic mass is 15.0. The van der Waals surface area contributed by atoms with Crippen LogP contribution in [0.4, 0.5) is 11.4 Å². The van der Waals surface area contributed by atoms with Crippen LogP contribution in [-0.4, -0.2) is 5.84 Å². The van der Waals surface area contributed by atoms with Gasteiger partial charge in [-0.25, -0.2) is 4.99 Å². The largest absolute Gasteiger partial charge is 0.343 e. The van der Waals surface area contributed by atoms with Crippen molar-refractivity contribution in [2.75, 3.05) is 5.32 Å². The van der Waals surface area contributed by atoms with E-state index in [4.69, 9.17) is 4.99 Å². The van der Waals surface area contributed by atoms with Gasteiger partial charge in [-0.05, 0) is 28.7 Å². The molecule has 0 aliphatic carbocycles. The minimum atomic E-state index is 0.0925. The molecule has 4 rings (SSSR count). The lowest BCUT2D eigenvalue weighted by Crippen LogP contribution is -2.20. The minimum absolute atomic E-state index is 0.0925. The number of para-hydroxylation sites is 2. The molecule has 0 spiro atoms. The summed E-state index contributed by atoms with van der Waals surface area (Å²) in [6.07, 6.45) is 0.833. The third-order valence-corrected chi connectivity index (χ3v) is 5.23. The Hall–Kier alpha value is -3.65.